The highest BCUT2D eigenvalue weighted by Crippen LogP contribution is 2.21. The zero-order valence-corrected chi connectivity index (χ0v) is 11.1. The van der Waals surface area contributed by atoms with Crippen molar-refractivity contribution in [1.82, 2.24) is 9.97 Å². The molecule has 2 rings (SSSR count). The number of hydrogen-bond donors (Lipinski definition) is 0. The van der Waals surface area contributed by atoms with Crippen LogP contribution < -0.4 is 4.90 Å². The van der Waals surface area contributed by atoms with Crippen LogP contribution in [0.4, 0.5) is 5.95 Å². The van der Waals surface area contributed by atoms with Gasteiger partial charge in [0, 0.05) is 31.6 Å². The van der Waals surface area contributed by atoms with Gasteiger partial charge in [-0.15, -0.1) is 0 Å². The first-order valence-electron chi connectivity index (χ1n) is 6.23. The third-order valence-electron chi connectivity index (χ3n) is 3.21. The lowest BCUT2D eigenvalue weighted by Crippen LogP contribution is -2.24. The fourth-order valence-corrected chi connectivity index (χ4v) is 2.12. The zero-order valence-electron chi connectivity index (χ0n) is 11.1. The Morgan fingerprint density at radius 1 is 1.41 bits per heavy atom. The molecule has 1 aromatic rings. The third kappa shape index (κ3) is 2.75. The summed E-state index contributed by atoms with van der Waals surface area (Å²) < 4.78 is 5.37. The van der Waals surface area contributed by atoms with Crippen molar-refractivity contribution in [2.45, 2.75) is 39.2 Å². The molecule has 17 heavy (non-hydrogen) atoms. The van der Waals surface area contributed by atoms with Crippen molar-refractivity contribution >= 4 is 5.95 Å². The largest absolute Gasteiger partial charge is 0.380 e. The van der Waals surface area contributed by atoms with E-state index >= 15 is 0 Å². The Morgan fingerprint density at radius 3 is 2.76 bits per heavy atom. The molecule has 1 fully saturated rings. The van der Waals surface area contributed by atoms with Crippen LogP contribution in [0, 0.1) is 6.92 Å². The molecule has 0 unspecified atom stereocenters. The Morgan fingerprint density at radius 2 is 2.18 bits per heavy atom. The van der Waals surface area contributed by atoms with E-state index < -0.39 is 0 Å². The molecule has 4 heteroatoms. The zero-order chi connectivity index (χ0) is 12.4. The molecular weight excluding hydrogens is 214 g/mol. The molecule has 0 bridgehead atoms. The summed E-state index contributed by atoms with van der Waals surface area (Å²) >= 11 is 0. The lowest BCUT2D eigenvalue weighted by atomic mass is 10.1. The van der Waals surface area contributed by atoms with Gasteiger partial charge in [-0.3, -0.25) is 0 Å². The molecule has 2 heterocycles. The van der Waals surface area contributed by atoms with Crippen molar-refractivity contribution in [3.63, 3.8) is 0 Å². The molecule has 1 aromatic heterocycles. The summed E-state index contributed by atoms with van der Waals surface area (Å²) in [4.78, 5) is 11.4. The number of methoxy groups -OCH3 is 1. The average molecular weight is 235 g/mol. The van der Waals surface area contributed by atoms with Crippen LogP contribution in [0.1, 0.15) is 37.6 Å². The van der Waals surface area contributed by atoms with Crippen LogP contribution in [0.25, 0.3) is 0 Å². The molecule has 1 saturated heterocycles. The van der Waals surface area contributed by atoms with Gasteiger partial charge < -0.3 is 9.64 Å². The fraction of sp³-hybridized carbons (Fsp3) is 0.692. The van der Waals surface area contributed by atoms with Gasteiger partial charge >= 0.3 is 0 Å². The summed E-state index contributed by atoms with van der Waals surface area (Å²) in [6.45, 7) is 8.24. The Hall–Kier alpha value is -1.16. The number of aryl methyl sites for hydroxylation is 1. The van der Waals surface area contributed by atoms with Crippen molar-refractivity contribution in [2.24, 2.45) is 0 Å². The summed E-state index contributed by atoms with van der Waals surface area (Å²) in [7, 11) is 1.77. The Balaban J connectivity index is 2.21. The van der Waals surface area contributed by atoms with Gasteiger partial charge in [0.25, 0.3) is 0 Å². The highest BCUT2D eigenvalue weighted by atomic mass is 16.5. The highest BCUT2D eigenvalue weighted by molar-refractivity contribution is 5.34. The number of aromatic nitrogens is 2. The molecule has 0 aromatic carbocycles. The minimum absolute atomic E-state index is 0.321. The smallest absolute Gasteiger partial charge is 0.225 e. The first-order chi connectivity index (χ1) is 8.10. The number of anilines is 1. The molecule has 1 atom stereocenters. The van der Waals surface area contributed by atoms with Crippen LogP contribution in [0.15, 0.2) is 6.07 Å². The van der Waals surface area contributed by atoms with Crippen molar-refractivity contribution in [2.75, 3.05) is 25.1 Å². The fourth-order valence-electron chi connectivity index (χ4n) is 2.12. The quantitative estimate of drug-likeness (QED) is 0.804. The third-order valence-corrected chi connectivity index (χ3v) is 3.21. The Labute approximate surface area is 103 Å². The second kappa shape index (κ2) is 5.00. The molecule has 0 N–H and O–H groups in total. The van der Waals surface area contributed by atoms with Crippen molar-refractivity contribution in [1.29, 1.82) is 0 Å². The van der Waals surface area contributed by atoms with Gasteiger partial charge in [-0.25, -0.2) is 9.97 Å². The molecule has 4 nitrogen and oxygen atoms in total. The van der Waals surface area contributed by atoms with E-state index in [4.69, 9.17) is 4.74 Å². The summed E-state index contributed by atoms with van der Waals surface area (Å²) in [5, 5.41) is 0. The molecular formula is C13H21N3O. The molecule has 94 valence electrons. The summed E-state index contributed by atoms with van der Waals surface area (Å²) in [6, 6.07) is 2.07. The van der Waals surface area contributed by atoms with E-state index in [1.54, 1.807) is 7.11 Å². The van der Waals surface area contributed by atoms with Gasteiger partial charge in [-0.05, 0) is 25.3 Å². The van der Waals surface area contributed by atoms with Gasteiger partial charge in [-0.1, -0.05) is 13.8 Å². The second-order valence-electron chi connectivity index (χ2n) is 4.98. The number of ether oxygens (including phenoxy) is 1. The molecule has 0 aliphatic carbocycles. The van der Waals surface area contributed by atoms with E-state index in [0.29, 0.717) is 12.0 Å². The van der Waals surface area contributed by atoms with E-state index in [9.17, 15) is 0 Å². The first-order valence-corrected chi connectivity index (χ1v) is 6.23. The van der Waals surface area contributed by atoms with Crippen LogP contribution >= 0.6 is 0 Å². The lowest BCUT2D eigenvalue weighted by molar-refractivity contribution is 0.121. The summed E-state index contributed by atoms with van der Waals surface area (Å²) in [6.07, 6.45) is 1.38. The van der Waals surface area contributed by atoms with E-state index in [0.717, 1.165) is 36.8 Å². The van der Waals surface area contributed by atoms with Crippen LogP contribution in [-0.4, -0.2) is 36.3 Å². The SMILES string of the molecule is CO[C@H]1CCN(c2nc(C)cc(C(C)C)n2)C1. The maximum absolute atomic E-state index is 5.37. The molecule has 1 aliphatic rings. The minimum atomic E-state index is 0.321. The average Bonchev–Trinajstić information content (AvgIpc) is 2.76. The normalized spacial score (nSPS) is 20.3. The van der Waals surface area contributed by atoms with Gasteiger partial charge in [0.2, 0.25) is 5.95 Å². The predicted octanol–water partition coefficient (Wildman–Crippen LogP) is 2.13. The van der Waals surface area contributed by atoms with Crippen LogP contribution in [0.5, 0.6) is 0 Å². The lowest BCUT2D eigenvalue weighted by Gasteiger charge is -2.18. The van der Waals surface area contributed by atoms with Gasteiger partial charge in [-0.2, -0.15) is 0 Å². The van der Waals surface area contributed by atoms with Crippen LogP contribution in [0.2, 0.25) is 0 Å². The predicted molar refractivity (Wildman–Crippen MR) is 68.5 cm³/mol. The molecule has 0 amide bonds. The first kappa shape index (κ1) is 12.3. The molecule has 0 saturated carbocycles. The van der Waals surface area contributed by atoms with Crippen molar-refractivity contribution in [3.05, 3.63) is 17.5 Å². The Kier molecular flexibility index (Phi) is 3.62. The van der Waals surface area contributed by atoms with Crippen molar-refractivity contribution < 1.29 is 4.74 Å². The molecule has 0 spiro atoms. The van der Waals surface area contributed by atoms with Gasteiger partial charge in [0.05, 0.1) is 6.10 Å². The number of rotatable bonds is 3. The second-order valence-corrected chi connectivity index (χ2v) is 4.98. The standard InChI is InChI=1S/C13H21N3O/c1-9(2)12-7-10(3)14-13(15-12)16-6-5-11(8-16)17-4/h7,9,11H,5-6,8H2,1-4H3/t11-/m0/s1. The molecule has 0 radical (unpaired) electrons. The van der Waals surface area contributed by atoms with E-state index in [1.165, 1.54) is 0 Å². The van der Waals surface area contributed by atoms with Crippen LogP contribution in [0.3, 0.4) is 0 Å². The van der Waals surface area contributed by atoms with Gasteiger partial charge in [0.15, 0.2) is 0 Å². The number of hydrogen-bond acceptors (Lipinski definition) is 4. The van der Waals surface area contributed by atoms with Crippen LogP contribution in [-0.2, 0) is 4.74 Å². The van der Waals surface area contributed by atoms with Crippen molar-refractivity contribution in [3.8, 4) is 0 Å². The topological polar surface area (TPSA) is 38.2 Å². The summed E-state index contributed by atoms with van der Waals surface area (Å²) in [5.74, 6) is 1.30. The molecule has 1 aliphatic heterocycles. The highest BCUT2D eigenvalue weighted by Gasteiger charge is 2.24. The monoisotopic (exact) mass is 235 g/mol. The Bertz CT molecular complexity index is 392. The summed E-state index contributed by atoms with van der Waals surface area (Å²) in [5.41, 5.74) is 2.16. The van der Waals surface area contributed by atoms with Gasteiger partial charge in [0.1, 0.15) is 0 Å². The maximum Gasteiger partial charge on any atom is 0.225 e. The van der Waals surface area contributed by atoms with E-state index in [1.807, 2.05) is 6.92 Å². The number of nitrogens with zero attached hydrogens (tertiary/aromatic N) is 3. The minimum Gasteiger partial charge on any atom is -0.380 e. The van der Waals surface area contributed by atoms with E-state index in [-0.39, 0.29) is 0 Å². The maximum atomic E-state index is 5.37. The van der Waals surface area contributed by atoms with E-state index in [2.05, 4.69) is 34.8 Å².